The Hall–Kier alpha value is -1.93. The summed E-state index contributed by atoms with van der Waals surface area (Å²) >= 11 is 0. The predicted octanol–water partition coefficient (Wildman–Crippen LogP) is 2.19. The highest BCUT2D eigenvalue weighted by Crippen LogP contribution is 2.50. The van der Waals surface area contributed by atoms with E-state index in [1.54, 1.807) is 26.0 Å². The SMILES string of the molecule is COc1ccc(C(=O)NC(C(C)C)P(=O)(O)O[C@H](CCCCN)C(=O)O)cc1. The van der Waals surface area contributed by atoms with Crippen LogP contribution >= 0.6 is 7.60 Å². The van der Waals surface area contributed by atoms with Gasteiger partial charge in [-0.15, -0.1) is 0 Å². The lowest BCUT2D eigenvalue weighted by Crippen LogP contribution is -2.40. The second-order valence-corrected chi connectivity index (χ2v) is 8.57. The summed E-state index contributed by atoms with van der Waals surface area (Å²) < 4.78 is 22.9. The highest BCUT2D eigenvalue weighted by atomic mass is 31.2. The molecule has 0 heterocycles. The summed E-state index contributed by atoms with van der Waals surface area (Å²) in [6.07, 6.45) is -0.390. The molecule has 1 rings (SSSR count). The third-order valence-corrected chi connectivity index (χ3v) is 6.07. The van der Waals surface area contributed by atoms with Crippen molar-refractivity contribution in [2.45, 2.75) is 45.0 Å². The van der Waals surface area contributed by atoms with Crippen molar-refractivity contribution >= 4 is 19.5 Å². The molecule has 0 aliphatic carbocycles. The van der Waals surface area contributed by atoms with E-state index in [2.05, 4.69) is 5.32 Å². The molecule has 158 valence electrons. The number of rotatable bonds is 12. The van der Waals surface area contributed by atoms with Crippen LogP contribution in [0.25, 0.3) is 0 Å². The molecular formula is C18H29N2O7P. The standard InChI is InChI=1S/C18H29N2O7P/c1-12(2)17(20-16(21)13-7-9-14(26-3)10-8-13)28(24,25)27-15(18(22)23)6-4-5-11-19/h7-10,12,15,17H,4-6,11,19H2,1-3H3,(H,20,21)(H,22,23)(H,24,25)/t15-,17?/m1/s1. The molecule has 2 unspecified atom stereocenters. The number of benzene rings is 1. The summed E-state index contributed by atoms with van der Waals surface area (Å²) in [5, 5.41) is 11.8. The topological polar surface area (TPSA) is 148 Å². The van der Waals surface area contributed by atoms with Gasteiger partial charge in [-0.3, -0.25) is 13.9 Å². The smallest absolute Gasteiger partial charge is 0.351 e. The largest absolute Gasteiger partial charge is 0.497 e. The van der Waals surface area contributed by atoms with Gasteiger partial charge >= 0.3 is 13.6 Å². The van der Waals surface area contributed by atoms with Crippen molar-refractivity contribution in [3.05, 3.63) is 29.8 Å². The molecule has 9 nitrogen and oxygen atoms in total. The first kappa shape index (κ1) is 24.1. The Morgan fingerprint density at radius 2 is 1.82 bits per heavy atom. The van der Waals surface area contributed by atoms with Gasteiger partial charge in [0.05, 0.1) is 7.11 Å². The van der Waals surface area contributed by atoms with Crippen molar-refractivity contribution < 1.29 is 33.4 Å². The Bertz CT molecular complexity index is 694. The van der Waals surface area contributed by atoms with Crippen molar-refractivity contribution in [3.8, 4) is 5.75 Å². The van der Waals surface area contributed by atoms with Crippen LogP contribution in [0.3, 0.4) is 0 Å². The number of unbranched alkanes of at least 4 members (excludes halogenated alkanes) is 1. The molecular weight excluding hydrogens is 387 g/mol. The number of hydrogen-bond acceptors (Lipinski definition) is 6. The predicted molar refractivity (Wildman–Crippen MR) is 104 cm³/mol. The summed E-state index contributed by atoms with van der Waals surface area (Å²) in [5.74, 6) is -3.09. The van der Waals surface area contributed by atoms with Crippen LogP contribution in [0, 0.1) is 5.92 Å². The first-order chi connectivity index (χ1) is 13.1. The first-order valence-electron chi connectivity index (χ1n) is 9.01. The van der Waals surface area contributed by atoms with E-state index in [9.17, 15) is 24.2 Å². The van der Waals surface area contributed by atoms with Crippen molar-refractivity contribution in [2.24, 2.45) is 11.7 Å². The average Bonchev–Trinajstić information content (AvgIpc) is 2.64. The van der Waals surface area contributed by atoms with Crippen LogP contribution in [-0.2, 0) is 13.9 Å². The Morgan fingerprint density at radius 3 is 2.29 bits per heavy atom. The molecule has 28 heavy (non-hydrogen) atoms. The van der Waals surface area contributed by atoms with E-state index in [1.807, 2.05) is 0 Å². The third-order valence-electron chi connectivity index (χ3n) is 4.09. The number of aliphatic carboxylic acids is 1. The quantitative estimate of drug-likeness (QED) is 0.299. The number of nitrogens with two attached hydrogens (primary N) is 1. The average molecular weight is 416 g/mol. The highest BCUT2D eigenvalue weighted by Gasteiger charge is 2.40. The van der Waals surface area contributed by atoms with E-state index < -0.39 is 37.3 Å². The maximum atomic E-state index is 12.8. The monoisotopic (exact) mass is 416 g/mol. The lowest BCUT2D eigenvalue weighted by molar-refractivity contribution is -0.145. The van der Waals surface area contributed by atoms with Crippen LogP contribution in [0.4, 0.5) is 0 Å². The van der Waals surface area contributed by atoms with Gasteiger partial charge in [-0.05, 0) is 56.0 Å². The van der Waals surface area contributed by atoms with Crippen molar-refractivity contribution in [1.29, 1.82) is 0 Å². The summed E-state index contributed by atoms with van der Waals surface area (Å²) in [6.45, 7) is 3.65. The van der Waals surface area contributed by atoms with Gasteiger partial charge in [-0.2, -0.15) is 0 Å². The molecule has 0 fully saturated rings. The number of methoxy groups -OCH3 is 1. The van der Waals surface area contributed by atoms with Gasteiger partial charge < -0.3 is 25.8 Å². The lowest BCUT2D eigenvalue weighted by atomic mass is 10.1. The van der Waals surface area contributed by atoms with Crippen molar-refractivity contribution in [2.75, 3.05) is 13.7 Å². The van der Waals surface area contributed by atoms with Crippen LogP contribution in [-0.4, -0.2) is 47.4 Å². The molecule has 1 aromatic carbocycles. The van der Waals surface area contributed by atoms with Crippen molar-refractivity contribution in [3.63, 3.8) is 0 Å². The van der Waals surface area contributed by atoms with E-state index in [0.717, 1.165) is 0 Å². The zero-order valence-electron chi connectivity index (χ0n) is 16.3. The Morgan fingerprint density at radius 1 is 1.21 bits per heavy atom. The van der Waals surface area contributed by atoms with Crippen molar-refractivity contribution in [1.82, 2.24) is 5.32 Å². The van der Waals surface area contributed by atoms with Gasteiger partial charge in [-0.1, -0.05) is 13.8 Å². The molecule has 3 atom stereocenters. The minimum absolute atomic E-state index is 0.0499. The summed E-state index contributed by atoms with van der Waals surface area (Å²) in [6, 6.07) is 6.21. The zero-order valence-corrected chi connectivity index (χ0v) is 17.2. The van der Waals surface area contributed by atoms with Gasteiger partial charge in [-0.25, -0.2) is 4.79 Å². The number of carboxylic acid groups (broad SMARTS) is 1. The van der Waals surface area contributed by atoms with E-state index in [0.29, 0.717) is 25.1 Å². The fourth-order valence-corrected chi connectivity index (χ4v) is 4.25. The van der Waals surface area contributed by atoms with Gasteiger partial charge in [0, 0.05) is 5.56 Å². The Labute approximate surface area is 164 Å². The molecule has 0 spiro atoms. The fraction of sp³-hybridized carbons (Fsp3) is 0.556. The van der Waals surface area contributed by atoms with E-state index >= 15 is 0 Å². The van der Waals surface area contributed by atoms with E-state index in [-0.39, 0.29) is 12.0 Å². The van der Waals surface area contributed by atoms with Gasteiger partial charge in [0.15, 0.2) is 6.10 Å². The molecule has 0 saturated heterocycles. The summed E-state index contributed by atoms with van der Waals surface area (Å²) in [5.41, 5.74) is 5.65. The maximum absolute atomic E-state index is 12.8. The molecule has 1 aromatic rings. The Kier molecular flexibility index (Phi) is 9.61. The minimum Gasteiger partial charge on any atom is -0.497 e. The van der Waals surface area contributed by atoms with Crippen LogP contribution in [0.15, 0.2) is 24.3 Å². The molecule has 0 aromatic heterocycles. The molecule has 1 amide bonds. The minimum atomic E-state index is -4.48. The number of ether oxygens (including phenoxy) is 1. The van der Waals surface area contributed by atoms with Crippen LogP contribution < -0.4 is 15.8 Å². The second kappa shape index (κ2) is 11.2. The Balaban J connectivity index is 2.92. The zero-order chi connectivity index (χ0) is 21.3. The summed E-state index contributed by atoms with van der Waals surface area (Å²) in [4.78, 5) is 34.3. The number of carboxylic acids is 1. The lowest BCUT2D eigenvalue weighted by Gasteiger charge is -2.28. The number of hydrogen-bond donors (Lipinski definition) is 4. The molecule has 0 aliphatic rings. The molecule has 0 saturated carbocycles. The maximum Gasteiger partial charge on any atom is 0.351 e. The second-order valence-electron chi connectivity index (χ2n) is 6.67. The summed E-state index contributed by atoms with van der Waals surface area (Å²) in [7, 11) is -2.98. The van der Waals surface area contributed by atoms with Gasteiger partial charge in [0.2, 0.25) is 0 Å². The van der Waals surface area contributed by atoms with E-state index in [1.165, 1.54) is 19.2 Å². The molecule has 5 N–H and O–H groups in total. The van der Waals surface area contributed by atoms with E-state index in [4.69, 9.17) is 15.0 Å². The van der Waals surface area contributed by atoms with Crippen LogP contribution in [0.5, 0.6) is 5.75 Å². The first-order valence-corrected chi connectivity index (χ1v) is 10.7. The van der Waals surface area contributed by atoms with Gasteiger partial charge in [0.25, 0.3) is 5.91 Å². The van der Waals surface area contributed by atoms with Gasteiger partial charge in [0.1, 0.15) is 11.5 Å². The third kappa shape index (κ3) is 7.24. The number of nitrogens with one attached hydrogen (secondary N) is 1. The number of carbonyl (C=O) groups is 2. The molecule has 0 radical (unpaired) electrons. The highest BCUT2D eigenvalue weighted by molar-refractivity contribution is 7.53. The number of carbonyl (C=O) groups excluding carboxylic acids is 1. The molecule has 10 heteroatoms. The fourth-order valence-electron chi connectivity index (χ4n) is 2.53. The number of amides is 1. The molecule has 0 bridgehead atoms. The van der Waals surface area contributed by atoms with Crippen LogP contribution in [0.2, 0.25) is 0 Å². The van der Waals surface area contributed by atoms with Crippen LogP contribution in [0.1, 0.15) is 43.5 Å². The molecule has 0 aliphatic heterocycles. The normalized spacial score (nSPS) is 15.5.